The molecule has 0 aliphatic rings. The number of carbonyl (C=O) groups excluding carboxylic acids is 1. The highest BCUT2D eigenvalue weighted by molar-refractivity contribution is 9.10. The summed E-state index contributed by atoms with van der Waals surface area (Å²) in [5.41, 5.74) is 3.05. The fourth-order valence-electron chi connectivity index (χ4n) is 2.73. The van der Waals surface area contributed by atoms with E-state index in [1.54, 1.807) is 6.07 Å². The summed E-state index contributed by atoms with van der Waals surface area (Å²) < 4.78 is 2.64. The van der Waals surface area contributed by atoms with Crippen LogP contribution in [0.2, 0.25) is 0 Å². The Balaban J connectivity index is 1.83. The minimum atomic E-state index is -0.185. The summed E-state index contributed by atoms with van der Waals surface area (Å²) in [6.07, 6.45) is 1.89. The third-order valence-electron chi connectivity index (χ3n) is 3.93. The number of benzene rings is 2. The van der Waals surface area contributed by atoms with Crippen LogP contribution in [0.4, 0.5) is 5.82 Å². The number of anilines is 1. The first-order valence-electron chi connectivity index (χ1n) is 7.82. The first-order chi connectivity index (χ1) is 12.2. The van der Waals surface area contributed by atoms with Gasteiger partial charge in [0.25, 0.3) is 5.91 Å². The van der Waals surface area contributed by atoms with Crippen LogP contribution in [0.5, 0.6) is 0 Å². The van der Waals surface area contributed by atoms with Gasteiger partial charge in [0.2, 0.25) is 0 Å². The van der Waals surface area contributed by atoms with E-state index < -0.39 is 0 Å². The van der Waals surface area contributed by atoms with Crippen LogP contribution in [-0.2, 0) is 0 Å². The minimum absolute atomic E-state index is 0.185. The molecule has 4 rings (SSSR count). The van der Waals surface area contributed by atoms with E-state index in [4.69, 9.17) is 0 Å². The minimum Gasteiger partial charge on any atom is -0.306 e. The average molecular weight is 392 g/mol. The molecule has 0 radical (unpaired) electrons. The van der Waals surface area contributed by atoms with Crippen LogP contribution in [-0.4, -0.2) is 15.3 Å². The first kappa shape index (κ1) is 15.6. The highest BCUT2D eigenvalue weighted by Crippen LogP contribution is 2.29. The lowest BCUT2D eigenvalue weighted by atomic mass is 10.1. The van der Waals surface area contributed by atoms with Gasteiger partial charge in [-0.05, 0) is 40.2 Å². The van der Waals surface area contributed by atoms with Crippen molar-refractivity contribution >= 4 is 33.3 Å². The van der Waals surface area contributed by atoms with Gasteiger partial charge < -0.3 is 5.32 Å². The van der Waals surface area contributed by atoms with Crippen molar-refractivity contribution in [2.45, 2.75) is 0 Å². The van der Waals surface area contributed by atoms with Gasteiger partial charge >= 0.3 is 0 Å². The van der Waals surface area contributed by atoms with E-state index in [1.807, 2.05) is 77.3 Å². The molecule has 0 fully saturated rings. The van der Waals surface area contributed by atoms with Crippen molar-refractivity contribution in [1.82, 2.24) is 9.38 Å². The third kappa shape index (κ3) is 2.94. The Bertz CT molecular complexity index is 1060. The molecule has 2 aromatic carbocycles. The average Bonchev–Trinajstić information content (AvgIpc) is 3.01. The quantitative estimate of drug-likeness (QED) is 0.533. The number of carbonyl (C=O) groups is 1. The molecule has 1 N–H and O–H groups in total. The normalized spacial score (nSPS) is 10.8. The van der Waals surface area contributed by atoms with Crippen molar-refractivity contribution in [2.75, 3.05) is 5.32 Å². The number of rotatable bonds is 3. The molecule has 0 atom stereocenters. The molecule has 0 aliphatic carbocycles. The predicted molar refractivity (Wildman–Crippen MR) is 103 cm³/mol. The van der Waals surface area contributed by atoms with Crippen LogP contribution in [0.15, 0.2) is 83.5 Å². The number of halogens is 1. The molecule has 1 amide bonds. The Morgan fingerprint density at radius 3 is 2.44 bits per heavy atom. The van der Waals surface area contributed by atoms with E-state index >= 15 is 0 Å². The number of hydrogen-bond acceptors (Lipinski definition) is 2. The van der Waals surface area contributed by atoms with E-state index in [9.17, 15) is 4.79 Å². The maximum atomic E-state index is 12.8. The van der Waals surface area contributed by atoms with Gasteiger partial charge in [0.1, 0.15) is 17.2 Å². The van der Waals surface area contributed by atoms with E-state index in [2.05, 4.69) is 26.2 Å². The standard InChI is InChI=1S/C20H14BrN3O/c21-16-11-5-4-10-15(16)20(25)23-19-18(14-8-2-1-3-9-14)22-17-12-6-7-13-24(17)19/h1-13H,(H,23,25). The zero-order valence-corrected chi connectivity index (χ0v) is 14.8. The lowest BCUT2D eigenvalue weighted by molar-refractivity contribution is 0.102. The Morgan fingerprint density at radius 1 is 0.920 bits per heavy atom. The molecule has 2 aromatic heterocycles. The lowest BCUT2D eigenvalue weighted by Gasteiger charge is -2.09. The molecular weight excluding hydrogens is 378 g/mol. The molecule has 0 aliphatic heterocycles. The van der Waals surface area contributed by atoms with Crippen molar-refractivity contribution in [1.29, 1.82) is 0 Å². The van der Waals surface area contributed by atoms with E-state index in [0.717, 1.165) is 21.4 Å². The van der Waals surface area contributed by atoms with Gasteiger partial charge in [0, 0.05) is 16.2 Å². The summed E-state index contributed by atoms with van der Waals surface area (Å²) in [5.74, 6) is 0.470. The number of amides is 1. The first-order valence-corrected chi connectivity index (χ1v) is 8.62. The summed E-state index contributed by atoms with van der Waals surface area (Å²) >= 11 is 3.43. The molecule has 122 valence electrons. The Morgan fingerprint density at radius 2 is 1.64 bits per heavy atom. The Hall–Kier alpha value is -2.92. The van der Waals surface area contributed by atoms with Crippen LogP contribution in [0, 0.1) is 0 Å². The van der Waals surface area contributed by atoms with Crippen LogP contribution in [0.25, 0.3) is 16.9 Å². The molecule has 0 saturated carbocycles. The molecule has 0 saturated heterocycles. The molecule has 0 bridgehead atoms. The summed E-state index contributed by atoms with van der Waals surface area (Å²) in [6.45, 7) is 0. The van der Waals surface area contributed by atoms with E-state index in [1.165, 1.54) is 0 Å². The second-order valence-electron chi connectivity index (χ2n) is 5.54. The largest absolute Gasteiger partial charge is 0.306 e. The SMILES string of the molecule is O=C(Nc1c(-c2ccccc2)nc2ccccn12)c1ccccc1Br. The number of imidazole rings is 1. The number of pyridine rings is 1. The molecule has 0 unspecified atom stereocenters. The molecule has 0 spiro atoms. The van der Waals surface area contributed by atoms with Crippen LogP contribution < -0.4 is 5.32 Å². The van der Waals surface area contributed by atoms with Crippen LogP contribution in [0.1, 0.15) is 10.4 Å². The molecule has 2 heterocycles. The number of fused-ring (bicyclic) bond motifs is 1. The highest BCUT2D eigenvalue weighted by Gasteiger charge is 2.18. The van der Waals surface area contributed by atoms with Gasteiger partial charge in [-0.1, -0.05) is 48.5 Å². The van der Waals surface area contributed by atoms with Crippen molar-refractivity contribution in [3.8, 4) is 11.3 Å². The van der Waals surface area contributed by atoms with E-state index in [0.29, 0.717) is 11.4 Å². The summed E-state index contributed by atoms with van der Waals surface area (Å²) in [7, 11) is 0. The Labute approximate surface area is 153 Å². The zero-order valence-electron chi connectivity index (χ0n) is 13.2. The lowest BCUT2D eigenvalue weighted by Crippen LogP contribution is -2.14. The maximum absolute atomic E-state index is 12.8. The number of aromatic nitrogens is 2. The van der Waals surface area contributed by atoms with Gasteiger partial charge in [-0.3, -0.25) is 9.20 Å². The number of nitrogens with zero attached hydrogens (tertiary/aromatic N) is 2. The molecular formula is C20H14BrN3O. The molecule has 25 heavy (non-hydrogen) atoms. The van der Waals surface area contributed by atoms with Gasteiger partial charge in [0.05, 0.1) is 5.56 Å². The second-order valence-corrected chi connectivity index (χ2v) is 6.39. The zero-order chi connectivity index (χ0) is 17.2. The maximum Gasteiger partial charge on any atom is 0.257 e. The van der Waals surface area contributed by atoms with E-state index in [-0.39, 0.29) is 5.91 Å². The smallest absolute Gasteiger partial charge is 0.257 e. The Kier molecular flexibility index (Phi) is 4.07. The molecule has 5 heteroatoms. The van der Waals surface area contributed by atoms with Crippen molar-refractivity contribution in [2.24, 2.45) is 0 Å². The highest BCUT2D eigenvalue weighted by atomic mass is 79.9. The summed E-state index contributed by atoms with van der Waals surface area (Å²) in [6, 6.07) is 22.9. The van der Waals surface area contributed by atoms with Gasteiger partial charge in [-0.25, -0.2) is 4.98 Å². The van der Waals surface area contributed by atoms with Gasteiger partial charge in [-0.15, -0.1) is 0 Å². The fraction of sp³-hybridized carbons (Fsp3) is 0. The number of nitrogens with one attached hydrogen (secondary N) is 1. The van der Waals surface area contributed by atoms with Crippen molar-refractivity contribution in [3.05, 3.63) is 89.0 Å². The predicted octanol–water partition coefficient (Wildman–Crippen LogP) is 5.02. The fourth-order valence-corrected chi connectivity index (χ4v) is 3.20. The van der Waals surface area contributed by atoms with Crippen molar-refractivity contribution < 1.29 is 4.79 Å². The number of hydrogen-bond donors (Lipinski definition) is 1. The van der Waals surface area contributed by atoms with Crippen LogP contribution >= 0.6 is 15.9 Å². The summed E-state index contributed by atoms with van der Waals surface area (Å²) in [4.78, 5) is 17.5. The third-order valence-corrected chi connectivity index (χ3v) is 4.62. The van der Waals surface area contributed by atoms with Gasteiger partial charge in [-0.2, -0.15) is 0 Å². The summed E-state index contributed by atoms with van der Waals surface area (Å²) in [5, 5.41) is 3.02. The van der Waals surface area contributed by atoms with Crippen LogP contribution in [0.3, 0.4) is 0 Å². The molecule has 4 aromatic rings. The monoisotopic (exact) mass is 391 g/mol. The van der Waals surface area contributed by atoms with Crippen molar-refractivity contribution in [3.63, 3.8) is 0 Å². The molecule has 4 nitrogen and oxygen atoms in total. The van der Waals surface area contributed by atoms with Gasteiger partial charge in [0.15, 0.2) is 0 Å². The topological polar surface area (TPSA) is 46.4 Å². The second kappa shape index (κ2) is 6.53.